The lowest BCUT2D eigenvalue weighted by Gasteiger charge is -2.15. The van der Waals surface area contributed by atoms with Crippen LogP contribution in [0.15, 0.2) is 72.8 Å². The van der Waals surface area contributed by atoms with E-state index in [1.54, 1.807) is 48.2 Å². The summed E-state index contributed by atoms with van der Waals surface area (Å²) in [6.45, 7) is 2.00. The van der Waals surface area contributed by atoms with Crippen molar-refractivity contribution in [3.8, 4) is 5.75 Å². The summed E-state index contributed by atoms with van der Waals surface area (Å²) in [7, 11) is 1.57. The number of aryl methyl sites for hydroxylation is 1. The lowest BCUT2D eigenvalue weighted by atomic mass is 9.98. The van der Waals surface area contributed by atoms with Crippen molar-refractivity contribution in [1.82, 2.24) is 10.7 Å². The highest BCUT2D eigenvalue weighted by Gasteiger charge is 2.47. The molecule has 0 radical (unpaired) electrons. The Balaban J connectivity index is 1.67. The van der Waals surface area contributed by atoms with Crippen LogP contribution in [0.25, 0.3) is 0 Å². The molecule has 4 rings (SSSR count). The summed E-state index contributed by atoms with van der Waals surface area (Å²) < 4.78 is 6.88. The fraction of sp³-hybridized carbons (Fsp3) is 0.160. The molecule has 0 spiro atoms. The van der Waals surface area contributed by atoms with Crippen molar-refractivity contribution < 1.29 is 19.0 Å². The summed E-state index contributed by atoms with van der Waals surface area (Å²) in [6, 6.07) is 20.8. The van der Waals surface area contributed by atoms with Crippen LogP contribution in [0.5, 0.6) is 5.75 Å². The molecule has 1 fully saturated rings. The molecule has 0 bridgehead atoms. The Bertz CT molecular complexity index is 1160. The summed E-state index contributed by atoms with van der Waals surface area (Å²) in [5.74, 6) is 0.0299. The van der Waals surface area contributed by atoms with Crippen molar-refractivity contribution >= 4 is 29.6 Å². The monoisotopic (exact) mass is 448 g/mol. The third-order valence-corrected chi connectivity index (χ3v) is 5.61. The molecule has 1 aliphatic heterocycles. The van der Waals surface area contributed by atoms with Gasteiger partial charge in [0.15, 0.2) is 6.04 Å². The van der Waals surface area contributed by atoms with Crippen LogP contribution in [0.2, 0.25) is 5.02 Å². The molecule has 0 saturated carbocycles. The van der Waals surface area contributed by atoms with E-state index >= 15 is 0 Å². The summed E-state index contributed by atoms with van der Waals surface area (Å²) in [4.78, 5) is 25.8. The highest BCUT2D eigenvalue weighted by atomic mass is 35.5. The van der Waals surface area contributed by atoms with Gasteiger partial charge in [-0.2, -0.15) is 0 Å². The zero-order valence-corrected chi connectivity index (χ0v) is 18.5. The molecule has 6 nitrogen and oxygen atoms in total. The minimum Gasteiger partial charge on any atom is -0.497 e. The third kappa shape index (κ3) is 4.65. The number of hydrogen-bond acceptors (Lipinski definition) is 3. The van der Waals surface area contributed by atoms with Gasteiger partial charge in [0.25, 0.3) is 5.91 Å². The lowest BCUT2D eigenvalue weighted by molar-refractivity contribution is -0.596. The Kier molecular flexibility index (Phi) is 6.23. The first-order valence-electron chi connectivity index (χ1n) is 10.2. The van der Waals surface area contributed by atoms with Crippen molar-refractivity contribution in [3.63, 3.8) is 0 Å². The fourth-order valence-corrected chi connectivity index (χ4v) is 3.75. The van der Waals surface area contributed by atoms with Gasteiger partial charge in [0.05, 0.1) is 7.11 Å². The number of benzene rings is 3. The fourth-order valence-electron chi connectivity index (χ4n) is 3.62. The molecule has 3 aromatic carbocycles. The van der Waals surface area contributed by atoms with Gasteiger partial charge in [0.1, 0.15) is 5.75 Å². The van der Waals surface area contributed by atoms with Crippen LogP contribution in [0, 0.1) is 6.92 Å². The van der Waals surface area contributed by atoms with Gasteiger partial charge >= 0.3 is 5.91 Å². The molecule has 0 aliphatic carbocycles. The van der Waals surface area contributed by atoms with Gasteiger partial charge in [-0.15, -0.1) is 10.1 Å². The number of ether oxygens (including phenoxy) is 1. The summed E-state index contributed by atoms with van der Waals surface area (Å²) >= 11 is 6.00. The largest absolute Gasteiger partial charge is 0.497 e. The Labute approximate surface area is 191 Å². The van der Waals surface area contributed by atoms with Crippen molar-refractivity contribution in [2.45, 2.75) is 19.0 Å². The van der Waals surface area contributed by atoms with Crippen molar-refractivity contribution in [1.29, 1.82) is 0 Å². The first-order chi connectivity index (χ1) is 15.4. The number of hydrazine groups is 1. The van der Waals surface area contributed by atoms with Crippen molar-refractivity contribution in [3.05, 3.63) is 100 Å². The van der Waals surface area contributed by atoms with Gasteiger partial charge in [-0.05, 0) is 55.5 Å². The number of methoxy groups -OCH3 is 1. The molecule has 1 saturated heterocycles. The van der Waals surface area contributed by atoms with Crippen LogP contribution in [-0.4, -0.2) is 35.9 Å². The normalized spacial score (nSPS) is 19.0. The molecular weight excluding hydrogens is 426 g/mol. The molecule has 162 valence electrons. The third-order valence-electron chi connectivity index (χ3n) is 5.35. The molecule has 1 heterocycles. The second-order valence-corrected chi connectivity index (χ2v) is 8.04. The number of hydrazone groups is 1. The van der Waals surface area contributed by atoms with E-state index in [1.807, 2.05) is 49.5 Å². The van der Waals surface area contributed by atoms with E-state index in [4.69, 9.17) is 16.3 Å². The summed E-state index contributed by atoms with van der Waals surface area (Å²) in [6.07, 6.45) is 1.83. The van der Waals surface area contributed by atoms with Crippen molar-refractivity contribution in [2.24, 2.45) is 0 Å². The average molecular weight is 449 g/mol. The SMILES string of the molecule is COc1ccc(C(=O)N[C@@H]2C(=O)N/[N+](=C\c3ccc(Cl)cc3)[C@H]2c2ccc(C)cc2)cc1. The van der Waals surface area contributed by atoms with Crippen LogP contribution in [-0.2, 0) is 4.79 Å². The quantitative estimate of drug-likeness (QED) is 0.585. The predicted octanol–water partition coefficient (Wildman–Crippen LogP) is 3.67. The number of nitrogens with one attached hydrogen (secondary N) is 2. The molecule has 2 N–H and O–H groups in total. The van der Waals surface area contributed by atoms with Crippen molar-refractivity contribution in [2.75, 3.05) is 7.11 Å². The van der Waals surface area contributed by atoms with Gasteiger partial charge in [0, 0.05) is 21.7 Å². The molecule has 2 atom stereocenters. The number of nitrogens with zero attached hydrogens (tertiary/aromatic N) is 1. The number of hydrogen-bond donors (Lipinski definition) is 2. The molecule has 2 amide bonds. The minimum absolute atomic E-state index is 0.289. The molecule has 0 aromatic heterocycles. The van der Waals surface area contributed by atoms with Gasteiger partial charge in [-0.3, -0.25) is 9.59 Å². The predicted molar refractivity (Wildman–Crippen MR) is 123 cm³/mol. The van der Waals surface area contributed by atoms with E-state index in [-0.39, 0.29) is 11.8 Å². The van der Waals surface area contributed by atoms with Gasteiger partial charge in [-0.1, -0.05) is 41.4 Å². The topological polar surface area (TPSA) is 70.4 Å². The van der Waals surface area contributed by atoms with Gasteiger partial charge in [0.2, 0.25) is 12.3 Å². The Morgan fingerprint density at radius 2 is 1.69 bits per heavy atom. The highest BCUT2D eigenvalue weighted by Crippen LogP contribution is 2.26. The number of amides is 2. The standard InChI is InChI=1S/C25H22ClN3O3/c1-16-3-7-18(8-4-16)23-22(27-24(30)19-9-13-21(32-2)14-10-19)25(31)28-29(23)15-17-5-11-20(26)12-6-17/h3-15,22-23H,1-2H3,(H-,27,28,30,31)/p+1/b29-15-/t22-,23-/m0/s1. The van der Waals surface area contributed by atoms with E-state index in [0.717, 1.165) is 16.7 Å². The van der Waals surface area contributed by atoms with E-state index in [1.165, 1.54) is 0 Å². The van der Waals surface area contributed by atoms with E-state index in [9.17, 15) is 9.59 Å². The average Bonchev–Trinajstić information content (AvgIpc) is 3.10. The molecule has 7 heteroatoms. The minimum atomic E-state index is -0.782. The molecule has 1 aliphatic rings. The van der Waals surface area contributed by atoms with Crippen LogP contribution >= 0.6 is 11.6 Å². The van der Waals surface area contributed by atoms with Crippen LogP contribution in [0.4, 0.5) is 0 Å². The number of rotatable bonds is 5. The second-order valence-electron chi connectivity index (χ2n) is 7.60. The van der Waals surface area contributed by atoms with Crippen LogP contribution in [0.1, 0.15) is 33.1 Å². The number of carbonyl (C=O) groups excluding carboxylic acids is 2. The second kappa shape index (κ2) is 9.24. The highest BCUT2D eigenvalue weighted by molar-refractivity contribution is 6.30. The Hall–Kier alpha value is -3.64. The van der Waals surface area contributed by atoms with Crippen LogP contribution in [0.3, 0.4) is 0 Å². The maximum atomic E-state index is 12.9. The summed E-state index contributed by atoms with van der Waals surface area (Å²) in [5, 5.41) is 3.53. The van der Waals surface area contributed by atoms with E-state index in [2.05, 4.69) is 10.7 Å². The van der Waals surface area contributed by atoms with Crippen LogP contribution < -0.4 is 15.5 Å². The lowest BCUT2D eigenvalue weighted by Crippen LogP contribution is -2.42. The Morgan fingerprint density at radius 3 is 2.31 bits per heavy atom. The van der Waals surface area contributed by atoms with Gasteiger partial charge < -0.3 is 10.1 Å². The molecule has 3 aromatic rings. The maximum absolute atomic E-state index is 12.9. The van der Waals surface area contributed by atoms with Gasteiger partial charge in [-0.25, -0.2) is 0 Å². The Morgan fingerprint density at radius 1 is 1.03 bits per heavy atom. The summed E-state index contributed by atoms with van der Waals surface area (Å²) in [5.41, 5.74) is 6.20. The number of halogens is 1. The smallest absolute Gasteiger partial charge is 0.304 e. The van der Waals surface area contributed by atoms with E-state index < -0.39 is 12.1 Å². The number of carbonyl (C=O) groups is 2. The molecule has 0 unspecified atom stereocenters. The zero-order chi connectivity index (χ0) is 22.7. The first-order valence-corrected chi connectivity index (χ1v) is 10.5. The van der Waals surface area contributed by atoms with E-state index in [0.29, 0.717) is 16.3 Å². The first kappa shape index (κ1) is 21.6. The molecular formula is C25H23ClN3O3+. The maximum Gasteiger partial charge on any atom is 0.304 e. The molecule has 32 heavy (non-hydrogen) atoms. The zero-order valence-electron chi connectivity index (χ0n) is 17.7.